The predicted octanol–water partition coefficient (Wildman–Crippen LogP) is 12.7. The van der Waals surface area contributed by atoms with Gasteiger partial charge in [0, 0.05) is 19.3 Å². The molecule has 354 valence electrons. The summed E-state index contributed by atoms with van der Waals surface area (Å²) in [7, 11) is 5.38. The number of ether oxygens (including phenoxy) is 3. The molecule has 0 saturated carbocycles. The molecular weight excluding hydrogens is 775 g/mol. The highest BCUT2D eigenvalue weighted by Gasteiger charge is 2.25. The van der Waals surface area contributed by atoms with Gasteiger partial charge in [-0.05, 0) is 89.9 Å². The first-order valence-electron chi connectivity index (χ1n) is 24.6. The van der Waals surface area contributed by atoms with E-state index in [2.05, 4.69) is 98.9 Å². The second-order valence-corrected chi connectivity index (χ2v) is 17.3. The average molecular weight is 866 g/mol. The third-order valence-corrected chi connectivity index (χ3v) is 10.5. The fraction of sp³-hybridized carbons (Fsp3) is 0.685. The highest BCUT2D eigenvalue weighted by molar-refractivity contribution is 5.70. The molecule has 0 heterocycles. The highest BCUT2D eigenvalue weighted by Crippen LogP contribution is 2.12. The molecule has 0 saturated heterocycles. The number of esters is 2. The Labute approximate surface area is 380 Å². The van der Waals surface area contributed by atoms with Gasteiger partial charge in [0.1, 0.15) is 12.6 Å². The number of aliphatic carboxylic acids is 1. The van der Waals surface area contributed by atoms with Crippen molar-refractivity contribution in [3.8, 4) is 0 Å². The van der Waals surface area contributed by atoms with E-state index in [1.54, 1.807) is 21.1 Å². The summed E-state index contributed by atoms with van der Waals surface area (Å²) < 4.78 is 17.1. The second kappa shape index (κ2) is 44.1. The van der Waals surface area contributed by atoms with Crippen LogP contribution in [0.25, 0.3) is 0 Å². The first-order chi connectivity index (χ1) is 30.1. The predicted molar refractivity (Wildman–Crippen MR) is 258 cm³/mol. The van der Waals surface area contributed by atoms with E-state index < -0.39 is 18.1 Å². The van der Waals surface area contributed by atoms with Gasteiger partial charge >= 0.3 is 11.9 Å². The highest BCUT2D eigenvalue weighted by atomic mass is 16.6. The van der Waals surface area contributed by atoms with Gasteiger partial charge in [0.05, 0.1) is 40.3 Å². The van der Waals surface area contributed by atoms with Crippen LogP contribution in [0.5, 0.6) is 0 Å². The maximum atomic E-state index is 12.8. The van der Waals surface area contributed by atoms with Crippen molar-refractivity contribution in [2.75, 3.05) is 41.0 Å². The molecule has 0 aromatic rings. The van der Waals surface area contributed by atoms with E-state index >= 15 is 0 Å². The van der Waals surface area contributed by atoms with Gasteiger partial charge in [0.15, 0.2) is 6.10 Å². The molecule has 0 aromatic carbocycles. The van der Waals surface area contributed by atoms with Crippen molar-refractivity contribution in [2.45, 2.75) is 199 Å². The zero-order valence-electron chi connectivity index (χ0n) is 40.3. The van der Waals surface area contributed by atoms with Crippen LogP contribution in [0.3, 0.4) is 0 Å². The largest absolute Gasteiger partial charge is 0.544 e. The van der Waals surface area contributed by atoms with Crippen molar-refractivity contribution in [3.63, 3.8) is 0 Å². The molecule has 0 amide bonds. The van der Waals surface area contributed by atoms with Gasteiger partial charge in [-0.1, -0.05) is 163 Å². The Morgan fingerprint density at radius 2 is 0.871 bits per heavy atom. The summed E-state index contributed by atoms with van der Waals surface area (Å²) in [5.74, 6) is -1.83. The van der Waals surface area contributed by atoms with Gasteiger partial charge in [-0.3, -0.25) is 9.59 Å². The third-order valence-electron chi connectivity index (χ3n) is 10.5. The smallest absolute Gasteiger partial charge is 0.306 e. The topological polar surface area (TPSA) is 102 Å². The Bertz CT molecular complexity index is 1290. The molecule has 0 N–H and O–H groups in total. The minimum Gasteiger partial charge on any atom is -0.544 e. The summed E-state index contributed by atoms with van der Waals surface area (Å²) in [5.41, 5.74) is 0. The summed E-state index contributed by atoms with van der Waals surface area (Å²) >= 11 is 0. The van der Waals surface area contributed by atoms with Crippen molar-refractivity contribution in [3.05, 3.63) is 85.1 Å². The normalized spacial score (nSPS) is 13.6. The average Bonchev–Trinajstić information content (AvgIpc) is 3.23. The number of unbranched alkanes of at least 4 members (excludes halogenated alkanes) is 15. The minimum atomic E-state index is -1.14. The summed E-state index contributed by atoms with van der Waals surface area (Å²) in [6, 6.07) is -0.742. The van der Waals surface area contributed by atoms with Crippen molar-refractivity contribution in [1.82, 2.24) is 0 Å². The molecule has 0 aliphatic heterocycles. The van der Waals surface area contributed by atoms with Gasteiger partial charge in [0.2, 0.25) is 0 Å². The molecule has 0 aromatic heterocycles. The molecule has 0 bridgehead atoms. The van der Waals surface area contributed by atoms with E-state index in [-0.39, 0.29) is 55.5 Å². The molecule has 0 radical (unpaired) electrons. The standard InChI is InChI=1S/C54H91NO7/c1-6-8-10-12-14-16-18-20-22-24-25-26-27-29-31-33-35-37-39-41-43-45-53(57)62-50(48-60-47-46-51(54(58)59)55(3,4)5)49-61-52(56)44-42-40-38-36-34-32-30-28-23-21-19-17-15-13-11-9-7-2/h14,16,20-23,25-26,29-32,36,38,50-51H,6-13,15,17-19,24,27-28,33-35,37,39-49H2,1-5H3/b16-14+,22-20+,23-21+,26-25+,31-29+,32-30+,38-36+. The van der Waals surface area contributed by atoms with Crippen molar-refractivity contribution in [1.29, 1.82) is 0 Å². The van der Waals surface area contributed by atoms with Crippen LogP contribution in [0, 0.1) is 0 Å². The molecule has 0 aliphatic rings. The van der Waals surface area contributed by atoms with Crippen LogP contribution in [0.15, 0.2) is 85.1 Å². The molecular formula is C54H91NO7. The fourth-order valence-electron chi connectivity index (χ4n) is 6.66. The monoisotopic (exact) mass is 866 g/mol. The maximum absolute atomic E-state index is 12.8. The Morgan fingerprint density at radius 3 is 1.34 bits per heavy atom. The van der Waals surface area contributed by atoms with Crippen LogP contribution < -0.4 is 5.11 Å². The molecule has 8 nitrogen and oxygen atoms in total. The summed E-state index contributed by atoms with van der Waals surface area (Å²) in [4.78, 5) is 37.0. The number of carboxylic acid groups (broad SMARTS) is 1. The number of allylic oxidation sites excluding steroid dienone is 14. The van der Waals surface area contributed by atoms with Crippen LogP contribution in [0.4, 0.5) is 0 Å². The quantitative estimate of drug-likeness (QED) is 0.0260. The van der Waals surface area contributed by atoms with Gasteiger partial charge < -0.3 is 28.6 Å². The van der Waals surface area contributed by atoms with E-state index in [1.807, 2.05) is 0 Å². The van der Waals surface area contributed by atoms with E-state index in [1.165, 1.54) is 70.6 Å². The number of nitrogens with zero attached hydrogens (tertiary/aromatic N) is 1. The lowest BCUT2D eigenvalue weighted by molar-refractivity contribution is -0.889. The lowest BCUT2D eigenvalue weighted by Crippen LogP contribution is -2.55. The number of likely N-dealkylation sites (N-methyl/N-ethyl adjacent to an activating group) is 1. The third kappa shape index (κ3) is 41.8. The first kappa shape index (κ1) is 58.5. The molecule has 0 aliphatic carbocycles. The van der Waals surface area contributed by atoms with Crippen molar-refractivity contribution in [2.24, 2.45) is 0 Å². The van der Waals surface area contributed by atoms with E-state index in [0.29, 0.717) is 6.42 Å². The van der Waals surface area contributed by atoms with Gasteiger partial charge in [-0.15, -0.1) is 0 Å². The molecule has 62 heavy (non-hydrogen) atoms. The van der Waals surface area contributed by atoms with Crippen molar-refractivity contribution < 1.29 is 38.2 Å². The van der Waals surface area contributed by atoms with Gasteiger partial charge in [-0.25, -0.2) is 0 Å². The summed E-state index contributed by atoms with van der Waals surface area (Å²) in [6.07, 6.45) is 57.6. The Kier molecular flexibility index (Phi) is 41.6. The molecule has 0 fully saturated rings. The van der Waals surface area contributed by atoms with Crippen LogP contribution in [-0.4, -0.2) is 75.5 Å². The Morgan fingerprint density at radius 1 is 0.484 bits per heavy atom. The second-order valence-electron chi connectivity index (χ2n) is 17.3. The number of hydrogen-bond acceptors (Lipinski definition) is 7. The summed E-state index contributed by atoms with van der Waals surface area (Å²) in [6.45, 7) is 4.55. The number of carbonyl (C=O) groups excluding carboxylic acids is 3. The Hall–Kier alpha value is -3.49. The lowest BCUT2D eigenvalue weighted by Gasteiger charge is -2.34. The van der Waals surface area contributed by atoms with Gasteiger partial charge in [0.25, 0.3) is 0 Å². The number of hydrogen-bond donors (Lipinski definition) is 0. The number of carboxylic acids is 1. The minimum absolute atomic E-state index is 0.0125. The van der Waals surface area contributed by atoms with E-state index in [4.69, 9.17) is 14.2 Å². The summed E-state index contributed by atoms with van der Waals surface area (Å²) in [5, 5.41) is 11.7. The molecule has 0 rings (SSSR count). The maximum Gasteiger partial charge on any atom is 0.306 e. The lowest BCUT2D eigenvalue weighted by atomic mass is 10.1. The van der Waals surface area contributed by atoms with Crippen LogP contribution in [-0.2, 0) is 28.6 Å². The van der Waals surface area contributed by atoms with Crippen LogP contribution >= 0.6 is 0 Å². The van der Waals surface area contributed by atoms with E-state index in [9.17, 15) is 19.5 Å². The zero-order valence-corrected chi connectivity index (χ0v) is 40.3. The van der Waals surface area contributed by atoms with E-state index in [0.717, 1.165) is 77.0 Å². The van der Waals surface area contributed by atoms with Crippen molar-refractivity contribution >= 4 is 17.9 Å². The SMILES string of the molecule is CCCCC/C=C/C/C=C/C/C=C/C/C=C/CCCCCCCC(=O)OC(COCCC(C(=O)[O-])[N+](C)(C)C)COC(=O)CCC/C=C/C/C=C/C/C=C/CCCCCCCC. The molecule has 2 unspecified atom stereocenters. The first-order valence-corrected chi connectivity index (χ1v) is 24.6. The number of carbonyl (C=O) groups is 3. The molecule has 2 atom stereocenters. The van der Waals surface area contributed by atoms with Gasteiger partial charge in [-0.2, -0.15) is 0 Å². The molecule has 0 spiro atoms. The van der Waals surface area contributed by atoms with Crippen LogP contribution in [0.2, 0.25) is 0 Å². The number of rotatable bonds is 43. The zero-order chi connectivity index (χ0) is 45.6. The molecule has 8 heteroatoms. The van der Waals surface area contributed by atoms with Crippen LogP contribution in [0.1, 0.15) is 187 Å². The fourth-order valence-corrected chi connectivity index (χ4v) is 6.66. The Balaban J connectivity index is 4.42. The number of quaternary nitrogens is 1.